The maximum Gasteiger partial charge on any atom is 0.236 e. The van der Waals surface area contributed by atoms with Crippen LogP contribution in [0.3, 0.4) is 0 Å². The van der Waals surface area contributed by atoms with Crippen LogP contribution in [0.25, 0.3) is 11.3 Å². The number of benzene rings is 1. The number of methoxy groups -OCH3 is 1. The molecule has 0 amide bonds. The van der Waals surface area contributed by atoms with Gasteiger partial charge in [0.15, 0.2) is 0 Å². The fraction of sp³-hybridized carbons (Fsp3) is 0.545. The second kappa shape index (κ2) is 10.5. The lowest BCUT2D eigenvalue weighted by atomic mass is 10.1. The summed E-state index contributed by atoms with van der Waals surface area (Å²) < 4.78 is 11.5. The molecule has 1 heterocycles. The van der Waals surface area contributed by atoms with Gasteiger partial charge in [0.25, 0.3) is 0 Å². The number of ether oxygens (including phenoxy) is 2. The Morgan fingerprint density at radius 1 is 0.963 bits per heavy atom. The van der Waals surface area contributed by atoms with E-state index in [9.17, 15) is 0 Å². The minimum Gasteiger partial charge on any atom is -0.497 e. The summed E-state index contributed by atoms with van der Waals surface area (Å²) in [5, 5.41) is 0.615. The molecule has 27 heavy (non-hydrogen) atoms. The lowest BCUT2D eigenvalue weighted by Gasteiger charge is -2.20. The van der Waals surface area contributed by atoms with Crippen LogP contribution in [-0.4, -0.2) is 23.2 Å². The van der Waals surface area contributed by atoms with E-state index in [4.69, 9.17) is 31.0 Å². The Bertz CT molecular complexity index is 743. The zero-order valence-electron chi connectivity index (χ0n) is 17.1. The molecule has 0 spiro atoms. The molecule has 0 atom stereocenters. The molecule has 0 saturated heterocycles. The molecule has 0 aliphatic heterocycles. The third-order valence-electron chi connectivity index (χ3n) is 4.60. The highest BCUT2D eigenvalue weighted by molar-refractivity contribution is 6.33. The van der Waals surface area contributed by atoms with E-state index in [2.05, 4.69) is 27.7 Å². The fourth-order valence-corrected chi connectivity index (χ4v) is 3.41. The van der Waals surface area contributed by atoms with Gasteiger partial charge in [-0.1, -0.05) is 52.1 Å². The fourth-order valence-electron chi connectivity index (χ4n) is 3.15. The highest BCUT2D eigenvalue weighted by Gasteiger charge is 2.19. The molecule has 0 aliphatic carbocycles. The van der Waals surface area contributed by atoms with Crippen molar-refractivity contribution in [2.75, 3.05) is 7.11 Å². The molecule has 4 nitrogen and oxygen atoms in total. The van der Waals surface area contributed by atoms with Gasteiger partial charge in [-0.2, -0.15) is 0 Å². The number of hydrogen-bond donors (Lipinski definition) is 0. The lowest BCUT2D eigenvalue weighted by molar-refractivity contribution is 0.168. The van der Waals surface area contributed by atoms with Crippen molar-refractivity contribution in [2.24, 2.45) is 0 Å². The number of halogens is 1. The van der Waals surface area contributed by atoms with Crippen molar-refractivity contribution in [3.63, 3.8) is 0 Å². The van der Waals surface area contributed by atoms with Gasteiger partial charge in [0.05, 0.1) is 23.5 Å². The molecule has 0 bridgehead atoms. The van der Waals surface area contributed by atoms with Crippen LogP contribution in [0.2, 0.25) is 5.02 Å². The van der Waals surface area contributed by atoms with Gasteiger partial charge in [-0.05, 0) is 43.9 Å². The van der Waals surface area contributed by atoms with E-state index in [1.54, 1.807) is 7.11 Å². The van der Waals surface area contributed by atoms with Gasteiger partial charge in [0.2, 0.25) is 5.88 Å². The first-order valence-corrected chi connectivity index (χ1v) is 10.4. The average molecular weight is 391 g/mol. The second-order valence-corrected chi connectivity index (χ2v) is 7.05. The van der Waals surface area contributed by atoms with Crippen LogP contribution in [0.1, 0.15) is 64.8 Å². The molecule has 2 rings (SSSR count). The zero-order valence-corrected chi connectivity index (χ0v) is 17.9. The lowest BCUT2D eigenvalue weighted by Crippen LogP contribution is -2.19. The molecule has 0 unspecified atom stereocenters. The van der Waals surface area contributed by atoms with Crippen LogP contribution in [0.15, 0.2) is 18.2 Å². The molecular formula is C22H31ClN2O2. The summed E-state index contributed by atoms with van der Waals surface area (Å²) in [6.45, 7) is 8.53. The van der Waals surface area contributed by atoms with Crippen LogP contribution >= 0.6 is 11.6 Å². The molecule has 1 aromatic heterocycles. The predicted octanol–water partition coefficient (Wildman–Crippen LogP) is 6.28. The standard InChI is InChI=1S/C22H31ClN2O2/c1-6-10-15(11-7-2)27-22-20(9-4)24-21(19(8-3)25-22)17-13-12-16(26-5)14-18(17)23/h12-15H,6-11H2,1-5H3. The Morgan fingerprint density at radius 3 is 2.15 bits per heavy atom. The van der Waals surface area contributed by atoms with E-state index in [1.165, 1.54) is 0 Å². The van der Waals surface area contributed by atoms with E-state index >= 15 is 0 Å². The van der Waals surface area contributed by atoms with Crippen molar-refractivity contribution in [3.8, 4) is 22.9 Å². The molecule has 148 valence electrons. The summed E-state index contributed by atoms with van der Waals surface area (Å²) in [4.78, 5) is 9.76. The summed E-state index contributed by atoms with van der Waals surface area (Å²) in [5.74, 6) is 1.40. The van der Waals surface area contributed by atoms with E-state index in [1.807, 2.05) is 18.2 Å². The predicted molar refractivity (Wildman–Crippen MR) is 112 cm³/mol. The number of aromatic nitrogens is 2. The summed E-state index contributed by atoms with van der Waals surface area (Å²) in [7, 11) is 1.63. The van der Waals surface area contributed by atoms with Gasteiger partial charge in [-0.15, -0.1) is 0 Å². The van der Waals surface area contributed by atoms with Crippen LogP contribution in [0.5, 0.6) is 11.6 Å². The smallest absolute Gasteiger partial charge is 0.236 e. The van der Waals surface area contributed by atoms with Gasteiger partial charge in [0, 0.05) is 5.56 Å². The highest BCUT2D eigenvalue weighted by Crippen LogP contribution is 2.34. The summed E-state index contributed by atoms with van der Waals surface area (Å²) in [6, 6.07) is 5.66. The summed E-state index contributed by atoms with van der Waals surface area (Å²) in [6.07, 6.45) is 5.98. The Labute approximate surface area is 168 Å². The molecule has 0 N–H and O–H groups in total. The largest absolute Gasteiger partial charge is 0.497 e. The maximum absolute atomic E-state index is 6.49. The first-order valence-electron chi connectivity index (χ1n) is 9.98. The highest BCUT2D eigenvalue weighted by atomic mass is 35.5. The van der Waals surface area contributed by atoms with Crippen LogP contribution < -0.4 is 9.47 Å². The van der Waals surface area contributed by atoms with Gasteiger partial charge < -0.3 is 9.47 Å². The van der Waals surface area contributed by atoms with Crippen molar-refractivity contribution in [3.05, 3.63) is 34.6 Å². The number of rotatable bonds is 10. The zero-order chi connectivity index (χ0) is 19.8. The minimum absolute atomic E-state index is 0.194. The van der Waals surface area contributed by atoms with Gasteiger partial charge in [0.1, 0.15) is 17.5 Å². The minimum atomic E-state index is 0.194. The van der Waals surface area contributed by atoms with Crippen LogP contribution in [0, 0.1) is 0 Å². The Hall–Kier alpha value is -1.81. The van der Waals surface area contributed by atoms with Crippen LogP contribution in [0.4, 0.5) is 0 Å². The van der Waals surface area contributed by atoms with E-state index in [0.29, 0.717) is 10.9 Å². The third kappa shape index (κ3) is 5.35. The Balaban J connectivity index is 2.46. The first-order chi connectivity index (χ1) is 13.1. The van der Waals surface area contributed by atoms with E-state index in [0.717, 1.165) is 66.9 Å². The molecule has 2 aromatic rings. The van der Waals surface area contributed by atoms with Crippen molar-refractivity contribution in [1.29, 1.82) is 0 Å². The monoisotopic (exact) mass is 390 g/mol. The normalized spacial score (nSPS) is 11.1. The maximum atomic E-state index is 6.49. The first kappa shape index (κ1) is 21.5. The molecule has 5 heteroatoms. The van der Waals surface area contributed by atoms with Crippen molar-refractivity contribution < 1.29 is 9.47 Å². The number of hydrogen-bond acceptors (Lipinski definition) is 4. The molecule has 0 fully saturated rings. The Morgan fingerprint density at radius 2 is 1.63 bits per heavy atom. The quantitative estimate of drug-likeness (QED) is 0.479. The SMILES string of the molecule is CCCC(CCC)Oc1nc(CC)c(-c2ccc(OC)cc2Cl)nc1CC. The molecule has 0 radical (unpaired) electrons. The molecule has 1 aromatic carbocycles. The van der Waals surface area contributed by atoms with E-state index < -0.39 is 0 Å². The third-order valence-corrected chi connectivity index (χ3v) is 4.92. The average Bonchev–Trinajstić information content (AvgIpc) is 2.68. The molecule has 0 saturated carbocycles. The van der Waals surface area contributed by atoms with Gasteiger partial charge >= 0.3 is 0 Å². The second-order valence-electron chi connectivity index (χ2n) is 6.64. The Kier molecular flexibility index (Phi) is 8.36. The molecular weight excluding hydrogens is 360 g/mol. The topological polar surface area (TPSA) is 44.2 Å². The van der Waals surface area contributed by atoms with Crippen molar-refractivity contribution in [1.82, 2.24) is 9.97 Å². The van der Waals surface area contributed by atoms with Gasteiger partial charge in [-0.25, -0.2) is 9.97 Å². The number of aryl methyl sites for hydroxylation is 2. The van der Waals surface area contributed by atoms with E-state index in [-0.39, 0.29) is 6.10 Å². The summed E-state index contributed by atoms with van der Waals surface area (Å²) >= 11 is 6.49. The molecule has 0 aliphatic rings. The number of nitrogens with zero attached hydrogens (tertiary/aromatic N) is 2. The van der Waals surface area contributed by atoms with Crippen LogP contribution in [-0.2, 0) is 12.8 Å². The van der Waals surface area contributed by atoms with Crippen molar-refractivity contribution in [2.45, 2.75) is 72.3 Å². The van der Waals surface area contributed by atoms with Gasteiger partial charge in [-0.3, -0.25) is 0 Å². The van der Waals surface area contributed by atoms with Crippen molar-refractivity contribution >= 4 is 11.6 Å². The summed E-state index contributed by atoms with van der Waals surface area (Å²) in [5.41, 5.74) is 3.49.